The number of hydrogen-bond donors (Lipinski definition) is 1. The van der Waals surface area contributed by atoms with Crippen LogP contribution in [0, 0.1) is 5.92 Å². The van der Waals surface area contributed by atoms with Crippen molar-refractivity contribution in [3.05, 3.63) is 30.3 Å². The minimum Gasteiger partial charge on any atom is -0.469 e. The van der Waals surface area contributed by atoms with E-state index in [1.807, 2.05) is 6.07 Å². The number of methoxy groups -OCH3 is 1. The van der Waals surface area contributed by atoms with Crippen LogP contribution in [0.2, 0.25) is 0 Å². The lowest BCUT2D eigenvalue weighted by Gasteiger charge is -2.47. The molecule has 1 aromatic rings. The van der Waals surface area contributed by atoms with Crippen molar-refractivity contribution in [1.82, 2.24) is 5.32 Å². The molecule has 104 valence electrons. The van der Waals surface area contributed by atoms with Gasteiger partial charge in [-0.3, -0.25) is 19.3 Å². The summed E-state index contributed by atoms with van der Waals surface area (Å²) in [6, 6.07) is 7.42. The van der Waals surface area contributed by atoms with Crippen molar-refractivity contribution in [3.8, 4) is 0 Å². The number of fused-ring (bicyclic) bond motifs is 3. The number of carbonyl (C=O) groups excluding carboxylic acids is 3. The molecule has 20 heavy (non-hydrogen) atoms. The number of para-hydroxylation sites is 1. The Bertz CT molecular complexity index is 572. The summed E-state index contributed by atoms with van der Waals surface area (Å²) in [6.07, 6.45) is 0.297. The van der Waals surface area contributed by atoms with Crippen LogP contribution in [-0.4, -0.2) is 37.0 Å². The smallest absolute Gasteiger partial charge is 0.311 e. The summed E-state index contributed by atoms with van der Waals surface area (Å²) in [4.78, 5) is 37.7. The van der Waals surface area contributed by atoms with Crippen molar-refractivity contribution in [2.24, 2.45) is 5.92 Å². The molecule has 3 atom stereocenters. The van der Waals surface area contributed by atoms with Gasteiger partial charge in [0.2, 0.25) is 11.8 Å². The van der Waals surface area contributed by atoms with Crippen molar-refractivity contribution >= 4 is 23.5 Å². The Kier molecular flexibility index (Phi) is 2.93. The number of amides is 2. The Labute approximate surface area is 115 Å². The van der Waals surface area contributed by atoms with E-state index < -0.39 is 24.0 Å². The SMILES string of the molecule is COC(=O)[C@@H]1C[C@H]2NC(=O)[C@@H]1N(c1ccccc1)C2=O. The van der Waals surface area contributed by atoms with Crippen LogP contribution in [0.5, 0.6) is 0 Å². The zero-order valence-corrected chi connectivity index (χ0v) is 10.9. The number of nitrogens with zero attached hydrogens (tertiary/aromatic N) is 1. The second kappa shape index (κ2) is 4.63. The van der Waals surface area contributed by atoms with Gasteiger partial charge in [0.05, 0.1) is 13.0 Å². The van der Waals surface area contributed by atoms with Gasteiger partial charge in [0.25, 0.3) is 0 Å². The minimum absolute atomic E-state index is 0.180. The highest BCUT2D eigenvalue weighted by atomic mass is 16.5. The quantitative estimate of drug-likeness (QED) is 0.775. The first kappa shape index (κ1) is 12.7. The van der Waals surface area contributed by atoms with Crippen molar-refractivity contribution in [2.45, 2.75) is 18.5 Å². The van der Waals surface area contributed by atoms with E-state index in [9.17, 15) is 14.4 Å². The molecule has 0 radical (unpaired) electrons. The highest BCUT2D eigenvalue weighted by Gasteiger charge is 2.54. The molecule has 0 spiro atoms. The first-order chi connectivity index (χ1) is 9.63. The molecule has 4 rings (SSSR count). The van der Waals surface area contributed by atoms with Crippen LogP contribution < -0.4 is 10.2 Å². The Morgan fingerprint density at radius 2 is 2.00 bits per heavy atom. The van der Waals surface area contributed by atoms with Gasteiger partial charge in [-0.05, 0) is 18.6 Å². The maximum atomic E-state index is 12.3. The van der Waals surface area contributed by atoms with Crippen LogP contribution in [0.25, 0.3) is 0 Å². The van der Waals surface area contributed by atoms with E-state index in [-0.39, 0.29) is 11.8 Å². The fourth-order valence-corrected chi connectivity index (χ4v) is 2.90. The molecular formula is C14H14N2O4. The number of carbonyl (C=O) groups is 3. The van der Waals surface area contributed by atoms with E-state index in [4.69, 9.17) is 4.74 Å². The molecule has 2 amide bonds. The number of piperidine rings is 2. The fraction of sp³-hybridized carbons (Fsp3) is 0.357. The predicted octanol–water partition coefficient (Wildman–Crippen LogP) is 0.0795. The van der Waals surface area contributed by atoms with Gasteiger partial charge in [0, 0.05) is 5.69 Å². The van der Waals surface area contributed by atoms with E-state index in [1.165, 1.54) is 12.0 Å². The predicted molar refractivity (Wildman–Crippen MR) is 69.8 cm³/mol. The van der Waals surface area contributed by atoms with E-state index in [1.54, 1.807) is 24.3 Å². The highest BCUT2D eigenvalue weighted by molar-refractivity contribution is 6.11. The molecule has 3 fully saturated rings. The lowest BCUT2D eigenvalue weighted by Crippen LogP contribution is -2.72. The Morgan fingerprint density at radius 3 is 2.65 bits per heavy atom. The molecule has 3 aliphatic heterocycles. The summed E-state index contributed by atoms with van der Waals surface area (Å²) in [6.45, 7) is 0. The Balaban J connectivity index is 2.03. The summed E-state index contributed by atoms with van der Waals surface area (Å²) in [5, 5.41) is 2.64. The summed E-state index contributed by atoms with van der Waals surface area (Å²) in [5.41, 5.74) is 0.621. The number of benzene rings is 1. The molecule has 1 N–H and O–H groups in total. The second-order valence-electron chi connectivity index (χ2n) is 4.92. The van der Waals surface area contributed by atoms with E-state index in [2.05, 4.69) is 5.32 Å². The normalized spacial score (nSPS) is 28.2. The van der Waals surface area contributed by atoms with Crippen LogP contribution in [0.15, 0.2) is 30.3 Å². The average molecular weight is 274 g/mol. The Hall–Kier alpha value is -2.37. The number of anilines is 1. The number of hydrogen-bond acceptors (Lipinski definition) is 4. The molecule has 1 aromatic carbocycles. The van der Waals surface area contributed by atoms with E-state index in [0.29, 0.717) is 12.1 Å². The number of ether oxygens (including phenoxy) is 1. The van der Waals surface area contributed by atoms with Crippen LogP contribution in [-0.2, 0) is 19.1 Å². The molecule has 6 nitrogen and oxygen atoms in total. The Morgan fingerprint density at radius 1 is 1.30 bits per heavy atom. The van der Waals surface area contributed by atoms with Gasteiger partial charge in [-0.1, -0.05) is 18.2 Å². The molecule has 0 saturated carbocycles. The van der Waals surface area contributed by atoms with Crippen LogP contribution in [0.3, 0.4) is 0 Å². The average Bonchev–Trinajstić information content (AvgIpc) is 2.48. The third-order valence-electron chi connectivity index (χ3n) is 3.81. The molecular weight excluding hydrogens is 260 g/mol. The van der Waals surface area contributed by atoms with Gasteiger partial charge in [0.15, 0.2) is 0 Å². The molecule has 0 aliphatic carbocycles. The van der Waals surface area contributed by atoms with Gasteiger partial charge in [-0.15, -0.1) is 0 Å². The minimum atomic E-state index is -0.831. The topological polar surface area (TPSA) is 75.7 Å². The number of esters is 1. The third kappa shape index (κ3) is 1.76. The van der Waals surface area contributed by atoms with Crippen molar-refractivity contribution in [3.63, 3.8) is 0 Å². The van der Waals surface area contributed by atoms with E-state index in [0.717, 1.165) is 0 Å². The fourth-order valence-electron chi connectivity index (χ4n) is 2.90. The number of piperazine rings is 1. The van der Waals surface area contributed by atoms with Gasteiger partial charge in [-0.2, -0.15) is 0 Å². The summed E-state index contributed by atoms with van der Waals surface area (Å²) < 4.78 is 4.75. The zero-order valence-electron chi connectivity index (χ0n) is 10.9. The molecule has 2 bridgehead atoms. The monoisotopic (exact) mass is 274 g/mol. The lowest BCUT2D eigenvalue weighted by atomic mass is 9.81. The van der Waals surface area contributed by atoms with Gasteiger partial charge >= 0.3 is 5.97 Å². The van der Waals surface area contributed by atoms with Gasteiger partial charge in [0.1, 0.15) is 12.1 Å². The largest absolute Gasteiger partial charge is 0.469 e. The first-order valence-electron chi connectivity index (χ1n) is 6.40. The molecule has 0 unspecified atom stereocenters. The van der Waals surface area contributed by atoms with Crippen molar-refractivity contribution in [1.29, 1.82) is 0 Å². The highest BCUT2D eigenvalue weighted by Crippen LogP contribution is 2.34. The van der Waals surface area contributed by atoms with Crippen LogP contribution in [0.1, 0.15) is 6.42 Å². The summed E-state index contributed by atoms with van der Waals surface area (Å²) in [7, 11) is 1.29. The van der Waals surface area contributed by atoms with Crippen molar-refractivity contribution in [2.75, 3.05) is 12.0 Å². The third-order valence-corrected chi connectivity index (χ3v) is 3.81. The van der Waals surface area contributed by atoms with Crippen LogP contribution >= 0.6 is 0 Å². The summed E-state index contributed by atoms with van der Waals surface area (Å²) >= 11 is 0. The standard InChI is InChI=1S/C14H14N2O4/c1-20-14(19)9-7-10-13(18)16(11(9)12(17)15-10)8-5-3-2-4-6-8/h2-6,9-11H,7H2,1H3,(H,15,17)/t9-,10-,11-/m1/s1. The second-order valence-corrected chi connectivity index (χ2v) is 4.92. The maximum Gasteiger partial charge on any atom is 0.311 e. The van der Waals surface area contributed by atoms with Gasteiger partial charge < -0.3 is 10.1 Å². The lowest BCUT2D eigenvalue weighted by molar-refractivity contribution is -0.154. The molecule has 3 saturated heterocycles. The summed E-state index contributed by atoms with van der Waals surface area (Å²) in [5.74, 6) is -1.55. The number of rotatable bonds is 2. The molecule has 0 aromatic heterocycles. The zero-order chi connectivity index (χ0) is 14.3. The van der Waals surface area contributed by atoms with Crippen molar-refractivity contribution < 1.29 is 19.1 Å². The molecule has 6 heteroatoms. The molecule has 3 aliphatic rings. The van der Waals surface area contributed by atoms with E-state index >= 15 is 0 Å². The molecule has 3 heterocycles. The maximum absolute atomic E-state index is 12.3. The van der Waals surface area contributed by atoms with Crippen LogP contribution in [0.4, 0.5) is 5.69 Å². The first-order valence-corrected chi connectivity index (χ1v) is 6.40. The van der Waals surface area contributed by atoms with Gasteiger partial charge in [-0.25, -0.2) is 0 Å². The number of nitrogens with one attached hydrogen (secondary N) is 1.